The van der Waals surface area contributed by atoms with Crippen molar-refractivity contribution < 1.29 is 8.78 Å². The summed E-state index contributed by atoms with van der Waals surface area (Å²) < 4.78 is 29.8. The average Bonchev–Trinajstić information content (AvgIpc) is 2.74. The molecular weight excluding hydrogens is 392 g/mol. The molecule has 0 bridgehead atoms. The second kappa shape index (κ2) is 7.64. The summed E-state index contributed by atoms with van der Waals surface area (Å²) in [7, 11) is 0. The van der Waals surface area contributed by atoms with Crippen LogP contribution in [0.3, 0.4) is 0 Å². The summed E-state index contributed by atoms with van der Waals surface area (Å²) in [5.41, 5.74) is 1.24. The Kier molecular flexibility index (Phi) is 5.03. The first-order valence-corrected chi connectivity index (χ1v) is 9.38. The number of hydrogen-bond donors (Lipinski definition) is 0. The van der Waals surface area contributed by atoms with Gasteiger partial charge in [0.1, 0.15) is 5.69 Å². The maximum atomic E-state index is 14.4. The summed E-state index contributed by atoms with van der Waals surface area (Å²) in [5.74, 6) is 0. The molecule has 0 aliphatic rings. The maximum absolute atomic E-state index is 14.4. The zero-order chi connectivity index (χ0) is 20.4. The number of aromatic nitrogens is 1. The molecule has 0 saturated heterocycles. The van der Waals surface area contributed by atoms with Crippen LogP contribution in [0.5, 0.6) is 0 Å². The van der Waals surface area contributed by atoms with Gasteiger partial charge in [0.2, 0.25) is 0 Å². The lowest BCUT2D eigenvalue weighted by Crippen LogP contribution is -2.28. The highest BCUT2D eigenvalue weighted by Crippen LogP contribution is 2.38. The molecular formula is C24H16ClF2NO. The summed E-state index contributed by atoms with van der Waals surface area (Å²) in [5, 5.41) is -3.73. The molecule has 0 amide bonds. The number of benzene rings is 3. The SMILES string of the molecule is O=c1c(-c2ccccc2)c(-c2ccccc2)cc(C(F)(F)Cl)n1-c1ccccc1. The van der Waals surface area contributed by atoms with Crippen molar-refractivity contribution >= 4 is 11.6 Å². The van der Waals surface area contributed by atoms with Gasteiger partial charge < -0.3 is 0 Å². The topological polar surface area (TPSA) is 22.0 Å². The molecule has 4 rings (SSSR count). The van der Waals surface area contributed by atoms with Gasteiger partial charge >= 0.3 is 5.38 Å². The van der Waals surface area contributed by atoms with Gasteiger partial charge in [-0.3, -0.25) is 9.36 Å². The van der Waals surface area contributed by atoms with Crippen molar-refractivity contribution in [2.45, 2.75) is 5.38 Å². The van der Waals surface area contributed by atoms with Gasteiger partial charge in [-0.2, -0.15) is 8.78 Å². The van der Waals surface area contributed by atoms with Crippen LogP contribution in [0, 0.1) is 0 Å². The third kappa shape index (κ3) is 3.71. The first kappa shape index (κ1) is 19.1. The van der Waals surface area contributed by atoms with Gasteiger partial charge in [-0.1, -0.05) is 78.9 Å². The van der Waals surface area contributed by atoms with Crippen LogP contribution < -0.4 is 5.56 Å². The molecule has 0 aliphatic heterocycles. The molecule has 1 heterocycles. The molecule has 29 heavy (non-hydrogen) atoms. The van der Waals surface area contributed by atoms with Gasteiger partial charge in [0.05, 0.1) is 5.56 Å². The van der Waals surface area contributed by atoms with Crippen LogP contribution in [0.2, 0.25) is 0 Å². The Hall–Kier alpha value is -3.24. The van der Waals surface area contributed by atoms with Crippen molar-refractivity contribution in [3.05, 3.63) is 113 Å². The van der Waals surface area contributed by atoms with Gasteiger partial charge in [-0.05, 0) is 46.5 Å². The molecule has 0 saturated carbocycles. The van der Waals surface area contributed by atoms with Gasteiger partial charge in [-0.15, -0.1) is 0 Å². The van der Waals surface area contributed by atoms with Crippen LogP contribution >= 0.6 is 11.6 Å². The maximum Gasteiger partial charge on any atom is 0.363 e. The minimum Gasteiger partial charge on any atom is -0.273 e. The zero-order valence-corrected chi connectivity index (χ0v) is 16.0. The van der Waals surface area contributed by atoms with E-state index in [0.29, 0.717) is 27.9 Å². The van der Waals surface area contributed by atoms with E-state index in [1.807, 2.05) is 12.1 Å². The van der Waals surface area contributed by atoms with E-state index in [0.717, 1.165) is 4.57 Å². The third-order valence-corrected chi connectivity index (χ3v) is 4.85. The Morgan fingerprint density at radius 3 is 1.72 bits per heavy atom. The molecule has 2 nitrogen and oxygen atoms in total. The predicted molar refractivity (Wildman–Crippen MR) is 113 cm³/mol. The van der Waals surface area contributed by atoms with Gasteiger partial charge in [0, 0.05) is 5.69 Å². The molecule has 1 aromatic heterocycles. The summed E-state index contributed by atoms with van der Waals surface area (Å²) in [6.45, 7) is 0. The number of nitrogens with zero attached hydrogens (tertiary/aromatic N) is 1. The van der Waals surface area contributed by atoms with Crippen LogP contribution in [0.4, 0.5) is 8.78 Å². The number of halogens is 3. The molecule has 0 N–H and O–H groups in total. The lowest BCUT2D eigenvalue weighted by Gasteiger charge is -2.21. The Balaban J connectivity index is 2.15. The third-order valence-electron chi connectivity index (χ3n) is 4.66. The normalized spacial score (nSPS) is 11.4. The molecule has 5 heteroatoms. The first-order valence-electron chi connectivity index (χ1n) is 9.00. The van der Waals surface area contributed by atoms with Crippen molar-refractivity contribution in [3.8, 4) is 27.9 Å². The van der Waals surface area contributed by atoms with Gasteiger partial charge in [0.15, 0.2) is 0 Å². The van der Waals surface area contributed by atoms with E-state index in [2.05, 4.69) is 0 Å². The predicted octanol–water partition coefficient (Wildman–Crippen LogP) is 6.46. The van der Waals surface area contributed by atoms with E-state index in [1.165, 1.54) is 6.07 Å². The monoisotopic (exact) mass is 407 g/mol. The van der Waals surface area contributed by atoms with Gasteiger partial charge in [0.25, 0.3) is 5.56 Å². The van der Waals surface area contributed by atoms with Crippen LogP contribution in [0.25, 0.3) is 27.9 Å². The highest BCUT2D eigenvalue weighted by Gasteiger charge is 2.34. The number of alkyl halides is 3. The second-order valence-corrected chi connectivity index (χ2v) is 7.00. The molecule has 0 unspecified atom stereocenters. The summed E-state index contributed by atoms with van der Waals surface area (Å²) >= 11 is 5.45. The van der Waals surface area contributed by atoms with Crippen molar-refractivity contribution in [1.29, 1.82) is 0 Å². The Morgan fingerprint density at radius 2 is 1.21 bits per heavy atom. The molecule has 144 valence electrons. The summed E-state index contributed by atoms with van der Waals surface area (Å²) in [6, 6.07) is 27.6. The number of para-hydroxylation sites is 1. The molecule has 0 spiro atoms. The molecule has 4 aromatic rings. The number of pyridine rings is 1. The Morgan fingerprint density at radius 1 is 0.724 bits per heavy atom. The zero-order valence-electron chi connectivity index (χ0n) is 15.2. The number of hydrogen-bond acceptors (Lipinski definition) is 1. The minimum absolute atomic E-state index is 0.324. The first-order chi connectivity index (χ1) is 14.0. The van der Waals surface area contributed by atoms with Crippen molar-refractivity contribution in [1.82, 2.24) is 4.57 Å². The lowest BCUT2D eigenvalue weighted by molar-refractivity contribution is 0.0871. The smallest absolute Gasteiger partial charge is 0.273 e. The Labute approximate surface area is 171 Å². The molecule has 0 aliphatic carbocycles. The molecule has 0 fully saturated rings. The van der Waals surface area contributed by atoms with E-state index in [9.17, 15) is 13.6 Å². The fraction of sp³-hybridized carbons (Fsp3) is 0.0417. The number of rotatable bonds is 4. The summed E-state index contributed by atoms with van der Waals surface area (Å²) in [6.07, 6.45) is 0. The lowest BCUT2D eigenvalue weighted by atomic mass is 9.95. The molecule has 0 radical (unpaired) electrons. The highest BCUT2D eigenvalue weighted by atomic mass is 35.5. The van der Waals surface area contributed by atoms with E-state index in [-0.39, 0.29) is 0 Å². The van der Waals surface area contributed by atoms with E-state index in [4.69, 9.17) is 11.6 Å². The van der Waals surface area contributed by atoms with E-state index < -0.39 is 16.6 Å². The van der Waals surface area contributed by atoms with Crippen LogP contribution in [0.1, 0.15) is 5.69 Å². The van der Waals surface area contributed by atoms with Crippen molar-refractivity contribution in [3.63, 3.8) is 0 Å². The minimum atomic E-state index is -3.73. The second-order valence-electron chi connectivity index (χ2n) is 6.52. The van der Waals surface area contributed by atoms with Crippen molar-refractivity contribution in [2.24, 2.45) is 0 Å². The van der Waals surface area contributed by atoms with Crippen molar-refractivity contribution in [2.75, 3.05) is 0 Å². The fourth-order valence-corrected chi connectivity index (χ4v) is 3.52. The van der Waals surface area contributed by atoms with Crippen LogP contribution in [-0.4, -0.2) is 4.57 Å². The van der Waals surface area contributed by atoms with Crippen LogP contribution in [0.15, 0.2) is 102 Å². The average molecular weight is 408 g/mol. The van der Waals surface area contributed by atoms with Gasteiger partial charge in [-0.25, -0.2) is 0 Å². The van der Waals surface area contributed by atoms with Crippen LogP contribution in [-0.2, 0) is 5.38 Å². The standard InChI is InChI=1S/C24H16ClF2NO/c25-24(26,27)21-16-20(17-10-4-1-5-11-17)22(18-12-6-2-7-13-18)23(29)28(21)19-14-8-3-9-15-19/h1-16H. The Bertz CT molecular complexity index is 1180. The summed E-state index contributed by atoms with van der Waals surface area (Å²) in [4.78, 5) is 13.6. The molecule has 0 atom stereocenters. The highest BCUT2D eigenvalue weighted by molar-refractivity contribution is 6.21. The van der Waals surface area contributed by atoms with E-state index >= 15 is 0 Å². The largest absolute Gasteiger partial charge is 0.363 e. The molecule has 3 aromatic carbocycles. The quantitative estimate of drug-likeness (QED) is 0.356. The van der Waals surface area contributed by atoms with E-state index in [1.54, 1.807) is 78.9 Å². The fourth-order valence-electron chi connectivity index (χ4n) is 3.38.